The molecule has 1 heterocycles. The number of carbonyl (C=O) groups excluding carboxylic acids is 1. The molecule has 5 heteroatoms. The number of rotatable bonds is 4. The Bertz CT molecular complexity index is 476. The van der Waals surface area contributed by atoms with E-state index in [1.54, 1.807) is 0 Å². The second-order valence-corrected chi connectivity index (χ2v) is 3.89. The van der Waals surface area contributed by atoms with Gasteiger partial charge in [-0.15, -0.1) is 5.10 Å². The topological polar surface area (TPSA) is 70.7 Å². The van der Waals surface area contributed by atoms with Gasteiger partial charge in [-0.25, -0.2) is 0 Å². The first kappa shape index (κ1) is 11.3. The molecule has 2 N–H and O–H groups in total. The van der Waals surface area contributed by atoms with Crippen LogP contribution in [0.25, 0.3) is 0 Å². The minimum Gasteiger partial charge on any atom is -0.308 e. The summed E-state index contributed by atoms with van der Waals surface area (Å²) in [7, 11) is 0. The molecule has 0 aliphatic heterocycles. The van der Waals surface area contributed by atoms with Gasteiger partial charge >= 0.3 is 0 Å². The fraction of sp³-hybridized carbons (Fsp3) is 0.250. The van der Waals surface area contributed by atoms with Crippen molar-refractivity contribution in [2.75, 3.05) is 5.32 Å². The number of nitrogens with one attached hydrogen (secondary N) is 2. The monoisotopic (exact) mass is 230 g/mol. The molecule has 17 heavy (non-hydrogen) atoms. The van der Waals surface area contributed by atoms with Gasteiger partial charge in [-0.2, -0.15) is 10.3 Å². The highest BCUT2D eigenvalue weighted by molar-refractivity contribution is 5.89. The molecule has 0 aliphatic carbocycles. The number of hydrogen-bond donors (Lipinski definition) is 2. The van der Waals surface area contributed by atoms with Crippen LogP contribution in [0.15, 0.2) is 30.5 Å². The molecule has 1 aromatic heterocycles. The number of hydrogen-bond acceptors (Lipinski definition) is 3. The SMILES string of the molecule is Cc1ccc(CCC(=O)Nc2cn[nH]n2)cc1. The predicted molar refractivity (Wildman–Crippen MR) is 64.5 cm³/mol. The third-order valence-corrected chi connectivity index (χ3v) is 2.44. The van der Waals surface area contributed by atoms with E-state index in [4.69, 9.17) is 0 Å². The minimum absolute atomic E-state index is 0.0560. The van der Waals surface area contributed by atoms with Crippen molar-refractivity contribution in [3.63, 3.8) is 0 Å². The second-order valence-electron chi connectivity index (χ2n) is 3.89. The first-order valence-electron chi connectivity index (χ1n) is 5.45. The Morgan fingerprint density at radius 2 is 2.12 bits per heavy atom. The van der Waals surface area contributed by atoms with Gasteiger partial charge in [0.25, 0.3) is 0 Å². The van der Waals surface area contributed by atoms with Crippen LogP contribution in [0.5, 0.6) is 0 Å². The lowest BCUT2D eigenvalue weighted by Gasteiger charge is -2.02. The van der Waals surface area contributed by atoms with E-state index in [0.717, 1.165) is 12.0 Å². The summed E-state index contributed by atoms with van der Waals surface area (Å²) in [4.78, 5) is 11.6. The first-order valence-corrected chi connectivity index (χ1v) is 5.45. The molecule has 0 radical (unpaired) electrons. The number of aromatic amines is 1. The van der Waals surface area contributed by atoms with E-state index in [1.807, 2.05) is 31.2 Å². The fourth-order valence-corrected chi connectivity index (χ4v) is 1.48. The van der Waals surface area contributed by atoms with Crippen molar-refractivity contribution in [2.45, 2.75) is 19.8 Å². The molecule has 0 aliphatic rings. The van der Waals surface area contributed by atoms with Crippen molar-refractivity contribution in [1.29, 1.82) is 0 Å². The van der Waals surface area contributed by atoms with E-state index in [-0.39, 0.29) is 5.91 Å². The number of benzene rings is 1. The average Bonchev–Trinajstić information content (AvgIpc) is 2.81. The summed E-state index contributed by atoms with van der Waals surface area (Å²) >= 11 is 0. The molecule has 0 fully saturated rings. The van der Waals surface area contributed by atoms with Crippen LogP contribution in [0, 0.1) is 6.92 Å². The Kier molecular flexibility index (Phi) is 3.49. The lowest BCUT2D eigenvalue weighted by Crippen LogP contribution is -2.12. The summed E-state index contributed by atoms with van der Waals surface area (Å²) in [5, 5.41) is 12.5. The van der Waals surface area contributed by atoms with Gasteiger partial charge in [-0.05, 0) is 18.9 Å². The molecule has 0 saturated carbocycles. The number of carbonyl (C=O) groups is 1. The van der Waals surface area contributed by atoms with E-state index < -0.39 is 0 Å². The van der Waals surface area contributed by atoms with Crippen LogP contribution in [0.2, 0.25) is 0 Å². The Hall–Kier alpha value is -2.17. The van der Waals surface area contributed by atoms with E-state index in [1.165, 1.54) is 11.8 Å². The summed E-state index contributed by atoms with van der Waals surface area (Å²) < 4.78 is 0. The van der Waals surface area contributed by atoms with Crippen molar-refractivity contribution in [1.82, 2.24) is 15.4 Å². The third kappa shape index (κ3) is 3.41. The summed E-state index contributed by atoms with van der Waals surface area (Å²) in [6.07, 6.45) is 2.64. The number of aryl methyl sites for hydroxylation is 2. The van der Waals surface area contributed by atoms with Crippen LogP contribution in [0.1, 0.15) is 17.5 Å². The molecule has 2 rings (SSSR count). The van der Waals surface area contributed by atoms with Gasteiger partial charge in [0.05, 0.1) is 6.20 Å². The molecule has 2 aromatic rings. The molecule has 0 bridgehead atoms. The maximum Gasteiger partial charge on any atom is 0.225 e. The zero-order valence-electron chi connectivity index (χ0n) is 9.60. The standard InChI is InChI=1S/C12H14N4O/c1-9-2-4-10(5-3-9)6-7-12(17)14-11-8-13-16-15-11/h2-5,8H,6-7H2,1H3,(H2,13,14,15,16,17). The lowest BCUT2D eigenvalue weighted by atomic mass is 10.1. The van der Waals surface area contributed by atoms with Crippen LogP contribution in [0.3, 0.4) is 0 Å². The molecule has 5 nitrogen and oxygen atoms in total. The van der Waals surface area contributed by atoms with E-state index in [2.05, 4.69) is 20.7 Å². The maximum absolute atomic E-state index is 11.6. The van der Waals surface area contributed by atoms with Crippen LogP contribution in [0.4, 0.5) is 5.82 Å². The fourth-order valence-electron chi connectivity index (χ4n) is 1.48. The van der Waals surface area contributed by atoms with Crippen molar-refractivity contribution in [3.8, 4) is 0 Å². The summed E-state index contributed by atoms with van der Waals surface area (Å²) in [5.41, 5.74) is 2.38. The van der Waals surface area contributed by atoms with E-state index in [0.29, 0.717) is 12.2 Å². The third-order valence-electron chi connectivity index (χ3n) is 2.44. The highest BCUT2D eigenvalue weighted by atomic mass is 16.1. The largest absolute Gasteiger partial charge is 0.308 e. The Balaban J connectivity index is 1.82. The summed E-state index contributed by atoms with van der Waals surface area (Å²) in [5.74, 6) is 0.401. The Morgan fingerprint density at radius 1 is 1.35 bits per heavy atom. The number of nitrogens with zero attached hydrogens (tertiary/aromatic N) is 2. The van der Waals surface area contributed by atoms with Gasteiger partial charge in [0.15, 0.2) is 5.82 Å². The normalized spacial score (nSPS) is 10.2. The minimum atomic E-state index is -0.0560. The molecule has 0 saturated heterocycles. The second kappa shape index (κ2) is 5.25. The molecule has 0 unspecified atom stereocenters. The number of aromatic nitrogens is 3. The van der Waals surface area contributed by atoms with Crippen molar-refractivity contribution < 1.29 is 4.79 Å². The zero-order chi connectivity index (χ0) is 12.1. The molecular formula is C12H14N4O. The highest BCUT2D eigenvalue weighted by Gasteiger charge is 2.04. The number of amides is 1. The maximum atomic E-state index is 11.6. The predicted octanol–water partition coefficient (Wildman–Crippen LogP) is 1.68. The van der Waals surface area contributed by atoms with E-state index in [9.17, 15) is 4.79 Å². The van der Waals surface area contributed by atoms with Gasteiger partial charge in [-0.3, -0.25) is 4.79 Å². The van der Waals surface area contributed by atoms with Gasteiger partial charge in [-0.1, -0.05) is 29.8 Å². The van der Waals surface area contributed by atoms with Gasteiger partial charge in [0.1, 0.15) is 0 Å². The number of anilines is 1. The average molecular weight is 230 g/mol. The Morgan fingerprint density at radius 3 is 2.76 bits per heavy atom. The molecule has 0 atom stereocenters. The van der Waals surface area contributed by atoms with Gasteiger partial charge < -0.3 is 5.32 Å². The van der Waals surface area contributed by atoms with Crippen molar-refractivity contribution in [3.05, 3.63) is 41.6 Å². The quantitative estimate of drug-likeness (QED) is 0.839. The molecule has 1 amide bonds. The summed E-state index contributed by atoms with van der Waals surface area (Å²) in [6, 6.07) is 8.17. The van der Waals surface area contributed by atoms with Gasteiger partial charge in [0.2, 0.25) is 5.91 Å². The lowest BCUT2D eigenvalue weighted by molar-refractivity contribution is -0.116. The first-order chi connectivity index (χ1) is 8.24. The van der Waals surface area contributed by atoms with Crippen molar-refractivity contribution >= 4 is 11.7 Å². The van der Waals surface area contributed by atoms with Crippen molar-refractivity contribution in [2.24, 2.45) is 0 Å². The van der Waals surface area contributed by atoms with Crippen LogP contribution < -0.4 is 5.32 Å². The molecule has 1 aromatic carbocycles. The molecule has 0 spiro atoms. The molecular weight excluding hydrogens is 216 g/mol. The van der Waals surface area contributed by atoms with Gasteiger partial charge in [0, 0.05) is 6.42 Å². The van der Waals surface area contributed by atoms with Crippen LogP contribution in [-0.2, 0) is 11.2 Å². The highest BCUT2D eigenvalue weighted by Crippen LogP contribution is 2.06. The van der Waals surface area contributed by atoms with E-state index >= 15 is 0 Å². The smallest absolute Gasteiger partial charge is 0.225 e. The molecule has 88 valence electrons. The van der Waals surface area contributed by atoms with Crippen LogP contribution in [-0.4, -0.2) is 21.3 Å². The summed E-state index contributed by atoms with van der Waals surface area (Å²) in [6.45, 7) is 2.04. The number of H-pyrrole nitrogens is 1. The van der Waals surface area contributed by atoms with Crippen LogP contribution >= 0.6 is 0 Å². The zero-order valence-corrected chi connectivity index (χ0v) is 9.60. The Labute approximate surface area is 99.2 Å².